The van der Waals surface area contributed by atoms with Gasteiger partial charge in [0.1, 0.15) is 17.9 Å². The fourth-order valence-electron chi connectivity index (χ4n) is 3.20. The van der Waals surface area contributed by atoms with Gasteiger partial charge in [0.25, 0.3) is 12.3 Å². The third-order valence-corrected chi connectivity index (χ3v) is 5.15. The van der Waals surface area contributed by atoms with Crippen molar-refractivity contribution in [3.8, 4) is 11.7 Å². The Bertz CT molecular complexity index is 1370. The van der Waals surface area contributed by atoms with Crippen LogP contribution in [-0.4, -0.2) is 47.6 Å². The van der Waals surface area contributed by atoms with Crippen LogP contribution in [0.1, 0.15) is 47.7 Å². The molecule has 0 radical (unpaired) electrons. The van der Waals surface area contributed by atoms with Gasteiger partial charge in [0.15, 0.2) is 23.6 Å². The lowest BCUT2D eigenvalue weighted by molar-refractivity contribution is -0.190. The topological polar surface area (TPSA) is 124 Å². The zero-order chi connectivity index (χ0) is 27.7. The number of rotatable bonds is 8. The number of aliphatic hydroxyl groups excluding tert-OH is 1. The molecule has 0 saturated carbocycles. The molecule has 0 aliphatic heterocycles. The molecule has 0 fully saturated rings. The van der Waals surface area contributed by atoms with Crippen LogP contribution in [0.2, 0.25) is 0 Å². The van der Waals surface area contributed by atoms with Crippen molar-refractivity contribution in [2.45, 2.75) is 52.6 Å². The van der Waals surface area contributed by atoms with E-state index in [1.54, 1.807) is 0 Å². The number of aliphatic hydroxyl groups is 1. The highest BCUT2D eigenvalue weighted by molar-refractivity contribution is 6.06. The largest absolute Gasteiger partial charge is 0.464 e. The van der Waals surface area contributed by atoms with Gasteiger partial charge in [-0.05, 0) is 38.5 Å². The zero-order valence-electron chi connectivity index (χ0n) is 19.5. The van der Waals surface area contributed by atoms with Crippen LogP contribution >= 0.6 is 0 Å². The van der Waals surface area contributed by atoms with Crippen molar-refractivity contribution < 1.29 is 41.0 Å². The number of nitrogens with zero attached hydrogens (tertiary/aromatic N) is 5. The van der Waals surface area contributed by atoms with Crippen molar-refractivity contribution in [1.29, 1.82) is 0 Å². The van der Waals surface area contributed by atoms with Gasteiger partial charge in [0.2, 0.25) is 5.88 Å². The molecule has 16 heteroatoms. The number of halogens is 6. The van der Waals surface area contributed by atoms with E-state index in [0.717, 1.165) is 10.8 Å². The van der Waals surface area contributed by atoms with Crippen LogP contribution < -0.4 is 15.7 Å². The van der Waals surface area contributed by atoms with E-state index < -0.39 is 71.4 Å². The van der Waals surface area contributed by atoms with Crippen LogP contribution in [-0.2, 0) is 13.2 Å². The van der Waals surface area contributed by atoms with E-state index in [1.807, 2.05) is 0 Å². The summed E-state index contributed by atoms with van der Waals surface area (Å²) in [4.78, 5) is 32.6. The van der Waals surface area contributed by atoms with Gasteiger partial charge < -0.3 is 15.2 Å². The van der Waals surface area contributed by atoms with E-state index >= 15 is 4.39 Å². The fourth-order valence-corrected chi connectivity index (χ4v) is 3.20. The SMILES string of the molecule is CCn1c(CO)nn(-c2nc(O[C@@H](C)C(F)(F)F)c(C(=O)Nc3c(C)ccnc3C(F)F)cc2F)c1=O. The van der Waals surface area contributed by atoms with Crippen molar-refractivity contribution in [1.82, 2.24) is 24.3 Å². The molecular formula is C21H20F6N6O4. The molecule has 10 nitrogen and oxygen atoms in total. The summed E-state index contributed by atoms with van der Waals surface area (Å²) in [6.45, 7) is 2.78. The summed E-state index contributed by atoms with van der Waals surface area (Å²) in [6.07, 6.45) is -9.53. The molecule has 0 saturated heterocycles. The smallest absolute Gasteiger partial charge is 0.425 e. The standard InChI is InChI=1S/C21H20F6N6O4/c1-4-32-13(8-34)31-33(20(32)36)17-12(22)7-11(19(30-17)37-10(3)21(25,26)27)18(35)29-14-9(2)5-6-28-15(14)16(23)24/h5-7,10,16,34H,4,8H2,1-3H3,(H,29,35)/t10-/m0/s1. The highest BCUT2D eigenvalue weighted by Gasteiger charge is 2.39. The molecule has 3 aromatic heterocycles. The third-order valence-electron chi connectivity index (χ3n) is 5.15. The number of hydrogen-bond acceptors (Lipinski definition) is 7. The van der Waals surface area contributed by atoms with Gasteiger partial charge in [0, 0.05) is 12.7 Å². The average molecular weight is 534 g/mol. The molecule has 0 bridgehead atoms. The minimum Gasteiger partial charge on any atom is -0.464 e. The second-order valence-corrected chi connectivity index (χ2v) is 7.60. The van der Waals surface area contributed by atoms with E-state index in [2.05, 4.69) is 20.4 Å². The van der Waals surface area contributed by atoms with E-state index in [1.165, 1.54) is 19.9 Å². The number of amides is 1. The van der Waals surface area contributed by atoms with Crippen LogP contribution in [0, 0.1) is 12.7 Å². The molecule has 1 atom stereocenters. The van der Waals surface area contributed by atoms with E-state index in [4.69, 9.17) is 4.74 Å². The van der Waals surface area contributed by atoms with Crippen molar-refractivity contribution in [3.05, 3.63) is 57.3 Å². The minimum atomic E-state index is -4.93. The first kappa shape index (κ1) is 27.6. The number of carbonyl (C=O) groups is 1. The maximum absolute atomic E-state index is 15.1. The third kappa shape index (κ3) is 5.58. The first-order valence-electron chi connectivity index (χ1n) is 10.6. The first-order valence-corrected chi connectivity index (χ1v) is 10.6. The van der Waals surface area contributed by atoms with Crippen molar-refractivity contribution in [2.24, 2.45) is 0 Å². The average Bonchev–Trinajstić information content (AvgIpc) is 3.15. The maximum atomic E-state index is 15.1. The number of hydrogen-bond donors (Lipinski definition) is 2. The Morgan fingerprint density at radius 1 is 1.30 bits per heavy atom. The molecule has 200 valence electrons. The second kappa shape index (κ2) is 10.6. The van der Waals surface area contributed by atoms with Gasteiger partial charge in [-0.15, -0.1) is 5.10 Å². The van der Waals surface area contributed by atoms with Crippen molar-refractivity contribution in [3.63, 3.8) is 0 Å². The number of carbonyl (C=O) groups excluding carboxylic acids is 1. The summed E-state index contributed by atoms with van der Waals surface area (Å²) >= 11 is 0. The van der Waals surface area contributed by atoms with Gasteiger partial charge in [-0.25, -0.2) is 18.0 Å². The van der Waals surface area contributed by atoms with Gasteiger partial charge in [-0.2, -0.15) is 22.8 Å². The van der Waals surface area contributed by atoms with Gasteiger partial charge in [0.05, 0.1) is 5.69 Å². The zero-order valence-corrected chi connectivity index (χ0v) is 19.5. The van der Waals surface area contributed by atoms with Crippen LogP contribution in [0.4, 0.5) is 32.0 Å². The van der Waals surface area contributed by atoms with Crippen LogP contribution in [0.25, 0.3) is 5.82 Å². The normalized spacial score (nSPS) is 12.6. The molecular weight excluding hydrogens is 514 g/mol. The van der Waals surface area contributed by atoms with E-state index in [-0.39, 0.29) is 17.9 Å². The molecule has 3 rings (SSSR count). The first-order chi connectivity index (χ1) is 17.3. The van der Waals surface area contributed by atoms with Gasteiger partial charge in [-0.1, -0.05) is 0 Å². The highest BCUT2D eigenvalue weighted by atomic mass is 19.4. The number of ether oxygens (including phenoxy) is 1. The highest BCUT2D eigenvalue weighted by Crippen LogP contribution is 2.31. The number of nitrogens with one attached hydrogen (secondary N) is 1. The number of aryl methyl sites for hydroxylation is 1. The predicted octanol–water partition coefficient (Wildman–Crippen LogP) is 3.30. The Morgan fingerprint density at radius 3 is 2.51 bits per heavy atom. The van der Waals surface area contributed by atoms with Crippen LogP contribution in [0.3, 0.4) is 0 Å². The molecule has 37 heavy (non-hydrogen) atoms. The minimum absolute atomic E-state index is 0.0161. The van der Waals surface area contributed by atoms with E-state index in [9.17, 15) is 36.6 Å². The van der Waals surface area contributed by atoms with Crippen LogP contribution in [0.5, 0.6) is 5.88 Å². The van der Waals surface area contributed by atoms with Crippen molar-refractivity contribution in [2.75, 3.05) is 5.32 Å². The Hall–Kier alpha value is -3.95. The quantitative estimate of drug-likeness (QED) is 0.425. The molecule has 0 unspecified atom stereocenters. The Labute approximate surface area is 204 Å². The molecule has 3 aromatic rings. The molecule has 3 heterocycles. The number of pyridine rings is 2. The number of aromatic nitrogens is 5. The molecule has 2 N–H and O–H groups in total. The molecule has 0 aromatic carbocycles. The van der Waals surface area contributed by atoms with Gasteiger partial charge in [-0.3, -0.25) is 14.3 Å². The number of anilines is 1. The predicted molar refractivity (Wildman–Crippen MR) is 115 cm³/mol. The maximum Gasteiger partial charge on any atom is 0.425 e. The van der Waals surface area contributed by atoms with Crippen LogP contribution in [0.15, 0.2) is 23.1 Å². The summed E-state index contributed by atoms with van der Waals surface area (Å²) in [5.74, 6) is -4.86. The Kier molecular flexibility index (Phi) is 7.90. The Morgan fingerprint density at radius 2 is 1.97 bits per heavy atom. The Balaban J connectivity index is 2.17. The molecule has 0 aliphatic carbocycles. The second-order valence-electron chi connectivity index (χ2n) is 7.60. The summed E-state index contributed by atoms with van der Waals surface area (Å²) in [5.41, 5.74) is -2.98. The summed E-state index contributed by atoms with van der Waals surface area (Å²) < 4.78 is 87.6. The monoisotopic (exact) mass is 534 g/mol. The number of alkyl halides is 5. The lowest BCUT2D eigenvalue weighted by Gasteiger charge is -2.20. The fraction of sp³-hybridized carbons (Fsp3) is 0.381. The summed E-state index contributed by atoms with van der Waals surface area (Å²) in [6, 6.07) is 1.72. The molecule has 0 spiro atoms. The summed E-state index contributed by atoms with van der Waals surface area (Å²) in [5, 5.41) is 15.2. The lowest BCUT2D eigenvalue weighted by Crippen LogP contribution is -2.33. The summed E-state index contributed by atoms with van der Waals surface area (Å²) in [7, 11) is 0. The van der Waals surface area contributed by atoms with Crippen molar-refractivity contribution >= 4 is 11.6 Å². The molecule has 1 amide bonds. The van der Waals surface area contributed by atoms with Gasteiger partial charge >= 0.3 is 11.9 Å². The van der Waals surface area contributed by atoms with E-state index in [0.29, 0.717) is 17.7 Å². The lowest BCUT2D eigenvalue weighted by atomic mass is 10.1. The molecule has 0 aliphatic rings.